The number of benzene rings is 2. The topological polar surface area (TPSA) is 61.2 Å². The van der Waals surface area contributed by atoms with Gasteiger partial charge in [0.15, 0.2) is 0 Å². The van der Waals surface area contributed by atoms with E-state index in [2.05, 4.69) is 20.9 Å². The normalized spacial score (nSPS) is 11.4. The molecule has 0 N–H and O–H groups in total. The third-order valence-electron chi connectivity index (χ3n) is 4.74. The zero-order valence-electron chi connectivity index (χ0n) is 17.3. The fourth-order valence-electron chi connectivity index (χ4n) is 3.47. The first kappa shape index (κ1) is 21.9. The molecule has 0 radical (unpaired) electrons. The minimum absolute atomic E-state index is 0.120. The lowest BCUT2D eigenvalue weighted by molar-refractivity contribution is -0.137. The smallest absolute Gasteiger partial charge is 0.330 e. The standard InChI is InChI=1S/C23H22BrFN2O3/c1-5-20-26-19-12-18(25)15(7-8-21(28)30-6-2)11-17(19)23(29)27(20)22-13(3)9-16(24)10-14(22)4/h7-12H,5-6H2,1-4H3/b8-7+. The fraction of sp³-hybridized carbons (Fsp3) is 0.261. The van der Waals surface area contributed by atoms with E-state index >= 15 is 0 Å². The van der Waals surface area contributed by atoms with Crippen LogP contribution in [0.1, 0.15) is 36.4 Å². The first-order chi connectivity index (χ1) is 14.3. The monoisotopic (exact) mass is 472 g/mol. The molecule has 0 saturated heterocycles. The summed E-state index contributed by atoms with van der Waals surface area (Å²) in [7, 11) is 0. The van der Waals surface area contributed by atoms with Crippen molar-refractivity contribution in [3.8, 4) is 5.69 Å². The minimum atomic E-state index is -0.574. The lowest BCUT2D eigenvalue weighted by Gasteiger charge is -2.17. The Bertz CT molecular complexity index is 1210. The molecule has 0 aliphatic rings. The summed E-state index contributed by atoms with van der Waals surface area (Å²) in [5, 5.41) is 0.277. The van der Waals surface area contributed by atoms with E-state index in [1.807, 2.05) is 32.9 Å². The van der Waals surface area contributed by atoms with Crippen LogP contribution in [-0.2, 0) is 16.0 Å². The third-order valence-corrected chi connectivity index (χ3v) is 5.20. The van der Waals surface area contributed by atoms with Gasteiger partial charge < -0.3 is 4.74 Å². The fourth-order valence-corrected chi connectivity index (χ4v) is 4.16. The highest BCUT2D eigenvalue weighted by Gasteiger charge is 2.17. The van der Waals surface area contributed by atoms with Gasteiger partial charge in [0.05, 0.1) is 23.2 Å². The van der Waals surface area contributed by atoms with Gasteiger partial charge in [-0.05, 0) is 56.2 Å². The zero-order chi connectivity index (χ0) is 22.0. The molecule has 0 fully saturated rings. The second-order valence-corrected chi connectivity index (χ2v) is 7.80. The van der Waals surface area contributed by atoms with E-state index in [-0.39, 0.29) is 28.6 Å². The molecule has 0 atom stereocenters. The summed E-state index contributed by atoms with van der Waals surface area (Å²) in [5.74, 6) is -0.587. The molecular formula is C23H22BrFN2O3. The minimum Gasteiger partial charge on any atom is -0.463 e. The summed E-state index contributed by atoms with van der Waals surface area (Å²) in [4.78, 5) is 29.6. The summed E-state index contributed by atoms with van der Waals surface area (Å²) < 4.78 is 21.9. The summed E-state index contributed by atoms with van der Waals surface area (Å²) in [6, 6.07) is 6.54. The van der Waals surface area contributed by atoms with Crippen molar-refractivity contribution in [1.29, 1.82) is 0 Å². The number of hydrogen-bond acceptors (Lipinski definition) is 4. The van der Waals surface area contributed by atoms with Crippen LogP contribution >= 0.6 is 15.9 Å². The van der Waals surface area contributed by atoms with E-state index in [1.54, 1.807) is 11.5 Å². The molecule has 1 aromatic heterocycles. The Labute approximate surface area is 182 Å². The molecule has 0 amide bonds. The Hall–Kier alpha value is -2.80. The van der Waals surface area contributed by atoms with Gasteiger partial charge in [-0.2, -0.15) is 0 Å². The quantitative estimate of drug-likeness (QED) is 0.385. The molecule has 3 rings (SSSR count). The van der Waals surface area contributed by atoms with Gasteiger partial charge in [-0.1, -0.05) is 22.9 Å². The summed E-state index contributed by atoms with van der Waals surface area (Å²) in [6.07, 6.45) is 2.95. The molecule has 0 unspecified atom stereocenters. The van der Waals surface area contributed by atoms with Crippen LogP contribution in [-0.4, -0.2) is 22.1 Å². The molecular weight excluding hydrogens is 451 g/mol. The van der Waals surface area contributed by atoms with Crippen molar-refractivity contribution < 1.29 is 13.9 Å². The lowest BCUT2D eigenvalue weighted by Crippen LogP contribution is -2.25. The van der Waals surface area contributed by atoms with Gasteiger partial charge in [-0.15, -0.1) is 0 Å². The van der Waals surface area contributed by atoms with Gasteiger partial charge in [0, 0.05) is 28.6 Å². The Morgan fingerprint density at radius 2 is 1.87 bits per heavy atom. The maximum atomic E-state index is 14.6. The number of fused-ring (bicyclic) bond motifs is 1. The Morgan fingerprint density at radius 1 is 1.20 bits per heavy atom. The number of nitrogens with zero attached hydrogens (tertiary/aromatic N) is 2. The largest absolute Gasteiger partial charge is 0.463 e. The molecule has 7 heteroatoms. The number of esters is 1. The summed E-state index contributed by atoms with van der Waals surface area (Å²) in [6.45, 7) is 7.68. The van der Waals surface area contributed by atoms with Gasteiger partial charge in [0.1, 0.15) is 11.6 Å². The SMILES string of the molecule is CCOC(=O)/C=C/c1cc2c(=O)n(-c3c(C)cc(Br)cc3C)c(CC)nc2cc1F. The number of carbonyl (C=O) groups excluding carboxylic acids is 1. The predicted octanol–water partition coefficient (Wildman–Crippen LogP) is 5.04. The molecule has 3 aromatic rings. The number of carbonyl (C=O) groups is 1. The number of halogens is 2. The highest BCUT2D eigenvalue weighted by Crippen LogP contribution is 2.25. The Morgan fingerprint density at radius 3 is 2.47 bits per heavy atom. The Balaban J connectivity index is 2.28. The van der Waals surface area contributed by atoms with Crippen LogP contribution in [0.15, 0.2) is 39.6 Å². The molecule has 1 heterocycles. The average molecular weight is 473 g/mol. The maximum Gasteiger partial charge on any atom is 0.330 e. The molecule has 156 valence electrons. The van der Waals surface area contributed by atoms with Crippen molar-refractivity contribution in [1.82, 2.24) is 9.55 Å². The highest BCUT2D eigenvalue weighted by molar-refractivity contribution is 9.10. The second-order valence-electron chi connectivity index (χ2n) is 6.89. The predicted molar refractivity (Wildman–Crippen MR) is 120 cm³/mol. The van der Waals surface area contributed by atoms with Crippen molar-refractivity contribution in [3.63, 3.8) is 0 Å². The first-order valence-corrected chi connectivity index (χ1v) is 10.4. The number of hydrogen-bond donors (Lipinski definition) is 0. The average Bonchev–Trinajstić information content (AvgIpc) is 2.67. The molecule has 0 spiro atoms. The number of ether oxygens (including phenoxy) is 1. The van der Waals surface area contributed by atoms with Crippen LogP contribution < -0.4 is 5.56 Å². The van der Waals surface area contributed by atoms with Crippen molar-refractivity contribution in [2.45, 2.75) is 34.1 Å². The molecule has 0 bridgehead atoms. The third kappa shape index (κ3) is 4.21. The van der Waals surface area contributed by atoms with E-state index in [4.69, 9.17) is 4.74 Å². The van der Waals surface area contributed by atoms with E-state index in [1.165, 1.54) is 18.2 Å². The molecule has 0 aliphatic heterocycles. The summed E-state index contributed by atoms with van der Waals surface area (Å²) >= 11 is 3.48. The number of rotatable bonds is 5. The van der Waals surface area contributed by atoms with Gasteiger partial charge in [0.2, 0.25) is 0 Å². The van der Waals surface area contributed by atoms with Gasteiger partial charge in [-0.25, -0.2) is 14.2 Å². The van der Waals surface area contributed by atoms with Gasteiger partial charge in [-0.3, -0.25) is 9.36 Å². The van der Waals surface area contributed by atoms with Crippen molar-refractivity contribution in [2.24, 2.45) is 0 Å². The van der Waals surface area contributed by atoms with Gasteiger partial charge in [0.25, 0.3) is 5.56 Å². The van der Waals surface area contributed by atoms with E-state index in [0.717, 1.165) is 27.4 Å². The van der Waals surface area contributed by atoms with Gasteiger partial charge >= 0.3 is 5.97 Å². The van der Waals surface area contributed by atoms with E-state index < -0.39 is 11.8 Å². The molecule has 5 nitrogen and oxygen atoms in total. The number of aryl methyl sites for hydroxylation is 3. The first-order valence-electron chi connectivity index (χ1n) is 9.63. The van der Waals surface area contributed by atoms with Crippen molar-refractivity contribution in [3.05, 3.63) is 73.5 Å². The second kappa shape index (κ2) is 8.92. The Kier molecular flexibility index (Phi) is 6.51. The van der Waals surface area contributed by atoms with Crippen molar-refractivity contribution in [2.75, 3.05) is 6.61 Å². The number of aromatic nitrogens is 2. The molecule has 30 heavy (non-hydrogen) atoms. The lowest BCUT2D eigenvalue weighted by atomic mass is 10.1. The molecule has 0 saturated carbocycles. The van der Waals surface area contributed by atoms with Crippen LogP contribution in [0.2, 0.25) is 0 Å². The van der Waals surface area contributed by atoms with Crippen LogP contribution in [0, 0.1) is 19.7 Å². The van der Waals surface area contributed by atoms with Crippen LogP contribution in [0.5, 0.6) is 0 Å². The molecule has 0 aliphatic carbocycles. The van der Waals surface area contributed by atoms with Crippen LogP contribution in [0.3, 0.4) is 0 Å². The van der Waals surface area contributed by atoms with Crippen molar-refractivity contribution >= 4 is 38.9 Å². The van der Waals surface area contributed by atoms with Crippen LogP contribution in [0.25, 0.3) is 22.7 Å². The zero-order valence-corrected chi connectivity index (χ0v) is 18.8. The van der Waals surface area contributed by atoms with E-state index in [0.29, 0.717) is 12.2 Å². The maximum absolute atomic E-state index is 14.6. The highest BCUT2D eigenvalue weighted by atomic mass is 79.9. The van der Waals surface area contributed by atoms with Crippen LogP contribution in [0.4, 0.5) is 4.39 Å². The molecule has 2 aromatic carbocycles. The van der Waals surface area contributed by atoms with E-state index in [9.17, 15) is 14.0 Å². The summed E-state index contributed by atoms with van der Waals surface area (Å²) in [5.41, 5.74) is 2.73.